The van der Waals surface area contributed by atoms with E-state index in [-0.39, 0.29) is 23.8 Å². The Balaban J connectivity index is 1.91. The number of carbonyl (C=O) groups is 2. The number of aryl methyl sites for hydroxylation is 1. The summed E-state index contributed by atoms with van der Waals surface area (Å²) in [6.45, 7) is 3.48. The van der Waals surface area contributed by atoms with Gasteiger partial charge in [-0.15, -0.1) is 0 Å². The third-order valence-electron chi connectivity index (χ3n) is 3.06. The standard InChI is InChI=1S/C14H17NO5/c1-10-2-3-12(16)11(8-10)14(18)20-9-13(17)15-4-6-19-7-5-15/h2-3,8,16H,4-7,9H2,1H3. The average molecular weight is 279 g/mol. The minimum Gasteiger partial charge on any atom is -0.507 e. The summed E-state index contributed by atoms with van der Waals surface area (Å²) in [5.74, 6) is -1.11. The molecule has 6 heteroatoms. The Morgan fingerprint density at radius 2 is 2.05 bits per heavy atom. The van der Waals surface area contributed by atoms with E-state index in [4.69, 9.17) is 9.47 Å². The Hall–Kier alpha value is -2.08. The largest absolute Gasteiger partial charge is 0.507 e. The zero-order valence-corrected chi connectivity index (χ0v) is 11.3. The first-order chi connectivity index (χ1) is 9.58. The van der Waals surface area contributed by atoms with E-state index in [0.717, 1.165) is 5.56 Å². The first-order valence-electron chi connectivity index (χ1n) is 6.40. The van der Waals surface area contributed by atoms with Crippen molar-refractivity contribution in [3.05, 3.63) is 29.3 Å². The van der Waals surface area contributed by atoms with Crippen LogP contribution in [0.3, 0.4) is 0 Å². The van der Waals surface area contributed by atoms with E-state index in [1.165, 1.54) is 12.1 Å². The number of morpholine rings is 1. The van der Waals surface area contributed by atoms with Gasteiger partial charge >= 0.3 is 5.97 Å². The predicted octanol–water partition coefficient (Wildman–Crippen LogP) is 0.716. The second kappa shape index (κ2) is 6.38. The molecule has 1 N–H and O–H groups in total. The normalized spacial score (nSPS) is 14.9. The molecule has 108 valence electrons. The zero-order valence-electron chi connectivity index (χ0n) is 11.3. The number of benzene rings is 1. The molecule has 0 spiro atoms. The highest BCUT2D eigenvalue weighted by atomic mass is 16.5. The monoisotopic (exact) mass is 279 g/mol. The second-order valence-corrected chi connectivity index (χ2v) is 4.59. The molecule has 2 rings (SSSR count). The van der Waals surface area contributed by atoms with Crippen LogP contribution in [0.15, 0.2) is 18.2 Å². The Kier molecular flexibility index (Phi) is 4.57. The first-order valence-corrected chi connectivity index (χ1v) is 6.40. The lowest BCUT2D eigenvalue weighted by Crippen LogP contribution is -2.42. The lowest BCUT2D eigenvalue weighted by Gasteiger charge is -2.26. The number of esters is 1. The van der Waals surface area contributed by atoms with Crippen LogP contribution in [0.5, 0.6) is 5.75 Å². The summed E-state index contributed by atoms with van der Waals surface area (Å²) in [4.78, 5) is 25.2. The smallest absolute Gasteiger partial charge is 0.342 e. The molecular weight excluding hydrogens is 262 g/mol. The summed E-state index contributed by atoms with van der Waals surface area (Å²) >= 11 is 0. The van der Waals surface area contributed by atoms with Crippen molar-refractivity contribution in [1.82, 2.24) is 4.90 Å². The summed E-state index contributed by atoms with van der Waals surface area (Å²) in [5, 5.41) is 9.61. The van der Waals surface area contributed by atoms with E-state index in [9.17, 15) is 14.7 Å². The van der Waals surface area contributed by atoms with Crippen LogP contribution in [-0.2, 0) is 14.3 Å². The fourth-order valence-electron chi connectivity index (χ4n) is 1.92. The summed E-state index contributed by atoms with van der Waals surface area (Å²) < 4.78 is 10.1. The van der Waals surface area contributed by atoms with E-state index >= 15 is 0 Å². The van der Waals surface area contributed by atoms with E-state index in [0.29, 0.717) is 26.3 Å². The first kappa shape index (κ1) is 14.3. The van der Waals surface area contributed by atoms with Crippen molar-refractivity contribution in [2.24, 2.45) is 0 Å². The SMILES string of the molecule is Cc1ccc(O)c(C(=O)OCC(=O)N2CCOCC2)c1. The maximum atomic E-state index is 11.8. The van der Waals surface area contributed by atoms with Gasteiger partial charge in [0.1, 0.15) is 11.3 Å². The van der Waals surface area contributed by atoms with Gasteiger partial charge in [-0.25, -0.2) is 4.79 Å². The number of carbonyl (C=O) groups excluding carboxylic acids is 2. The summed E-state index contributed by atoms with van der Waals surface area (Å²) in [6.07, 6.45) is 0. The average Bonchev–Trinajstić information content (AvgIpc) is 2.47. The number of hydrogen-bond acceptors (Lipinski definition) is 5. The summed E-state index contributed by atoms with van der Waals surface area (Å²) in [5.41, 5.74) is 0.897. The molecule has 0 aliphatic carbocycles. The molecule has 0 unspecified atom stereocenters. The molecule has 6 nitrogen and oxygen atoms in total. The van der Waals surface area contributed by atoms with E-state index < -0.39 is 5.97 Å². The van der Waals surface area contributed by atoms with Crippen LogP contribution in [0.2, 0.25) is 0 Å². The van der Waals surface area contributed by atoms with Gasteiger partial charge in [-0.3, -0.25) is 4.79 Å². The lowest BCUT2D eigenvalue weighted by molar-refractivity contribution is -0.138. The maximum absolute atomic E-state index is 11.8. The molecule has 0 radical (unpaired) electrons. The topological polar surface area (TPSA) is 76.1 Å². The van der Waals surface area contributed by atoms with Gasteiger partial charge in [0.2, 0.25) is 0 Å². The highest BCUT2D eigenvalue weighted by Crippen LogP contribution is 2.19. The third-order valence-corrected chi connectivity index (χ3v) is 3.06. The minimum absolute atomic E-state index is 0.0692. The van der Waals surface area contributed by atoms with Crippen molar-refractivity contribution in [2.45, 2.75) is 6.92 Å². The van der Waals surface area contributed by atoms with Crippen LogP contribution in [0.25, 0.3) is 0 Å². The number of nitrogens with zero attached hydrogens (tertiary/aromatic N) is 1. The van der Waals surface area contributed by atoms with Crippen LogP contribution < -0.4 is 0 Å². The van der Waals surface area contributed by atoms with Crippen LogP contribution in [-0.4, -0.2) is 54.8 Å². The second-order valence-electron chi connectivity index (χ2n) is 4.59. The van der Waals surface area contributed by atoms with Crippen molar-refractivity contribution in [3.63, 3.8) is 0 Å². The molecule has 1 aliphatic heterocycles. The molecular formula is C14H17NO5. The highest BCUT2D eigenvalue weighted by molar-refractivity contribution is 5.94. The number of phenols is 1. The molecule has 0 aromatic heterocycles. The molecule has 1 aromatic carbocycles. The fraction of sp³-hybridized carbons (Fsp3) is 0.429. The molecule has 1 heterocycles. The molecule has 1 aromatic rings. The van der Waals surface area contributed by atoms with Gasteiger partial charge in [0.25, 0.3) is 5.91 Å². The Bertz CT molecular complexity index is 508. The third kappa shape index (κ3) is 3.48. The number of amides is 1. The van der Waals surface area contributed by atoms with Crippen LogP contribution in [0.1, 0.15) is 15.9 Å². The van der Waals surface area contributed by atoms with Gasteiger partial charge in [0, 0.05) is 13.1 Å². The predicted molar refractivity (Wildman–Crippen MR) is 70.5 cm³/mol. The number of phenolic OH excluding ortho intramolecular Hbond substituents is 1. The molecule has 20 heavy (non-hydrogen) atoms. The number of rotatable bonds is 3. The lowest BCUT2D eigenvalue weighted by atomic mass is 10.1. The number of aromatic hydroxyl groups is 1. The Labute approximate surface area is 116 Å². The van der Waals surface area contributed by atoms with Crippen molar-refractivity contribution in [1.29, 1.82) is 0 Å². The number of hydrogen-bond donors (Lipinski definition) is 1. The molecule has 1 aliphatic rings. The highest BCUT2D eigenvalue weighted by Gasteiger charge is 2.19. The molecule has 1 fully saturated rings. The van der Waals surface area contributed by atoms with Gasteiger partial charge in [-0.05, 0) is 19.1 Å². The van der Waals surface area contributed by atoms with Gasteiger partial charge in [0.05, 0.1) is 13.2 Å². The molecule has 0 saturated carbocycles. The minimum atomic E-state index is -0.701. The van der Waals surface area contributed by atoms with Gasteiger partial charge in [-0.2, -0.15) is 0 Å². The fourth-order valence-corrected chi connectivity index (χ4v) is 1.92. The Morgan fingerprint density at radius 3 is 2.75 bits per heavy atom. The quantitative estimate of drug-likeness (QED) is 0.825. The molecule has 1 saturated heterocycles. The summed E-state index contributed by atoms with van der Waals surface area (Å²) in [7, 11) is 0. The van der Waals surface area contributed by atoms with Crippen molar-refractivity contribution in [2.75, 3.05) is 32.9 Å². The van der Waals surface area contributed by atoms with Crippen molar-refractivity contribution < 1.29 is 24.2 Å². The van der Waals surface area contributed by atoms with Gasteiger partial charge in [0.15, 0.2) is 6.61 Å². The van der Waals surface area contributed by atoms with Gasteiger partial charge < -0.3 is 19.5 Å². The van der Waals surface area contributed by atoms with Crippen LogP contribution in [0, 0.1) is 6.92 Å². The maximum Gasteiger partial charge on any atom is 0.342 e. The molecule has 1 amide bonds. The zero-order chi connectivity index (χ0) is 14.5. The van der Waals surface area contributed by atoms with Crippen molar-refractivity contribution in [3.8, 4) is 5.75 Å². The van der Waals surface area contributed by atoms with Crippen LogP contribution in [0.4, 0.5) is 0 Å². The van der Waals surface area contributed by atoms with E-state index in [1.54, 1.807) is 17.9 Å². The molecule has 0 atom stereocenters. The van der Waals surface area contributed by atoms with Crippen LogP contribution >= 0.6 is 0 Å². The van der Waals surface area contributed by atoms with Crippen molar-refractivity contribution >= 4 is 11.9 Å². The Morgan fingerprint density at radius 1 is 1.35 bits per heavy atom. The van der Waals surface area contributed by atoms with E-state index in [1.807, 2.05) is 0 Å². The molecule has 0 bridgehead atoms. The van der Waals surface area contributed by atoms with Gasteiger partial charge in [-0.1, -0.05) is 11.6 Å². The summed E-state index contributed by atoms with van der Waals surface area (Å²) in [6, 6.07) is 4.64. The van der Waals surface area contributed by atoms with E-state index in [2.05, 4.69) is 0 Å². The number of ether oxygens (including phenoxy) is 2.